The number of esters is 1. The predicted octanol–water partition coefficient (Wildman–Crippen LogP) is 7.28. The summed E-state index contributed by atoms with van der Waals surface area (Å²) < 4.78 is 20.2. The number of hydrogen-bond acceptors (Lipinski definition) is 9. The summed E-state index contributed by atoms with van der Waals surface area (Å²) in [5, 5.41) is 15.1. The Labute approximate surface area is 287 Å². The minimum atomic E-state index is -0.844. The van der Waals surface area contributed by atoms with E-state index < -0.39 is 24.3 Å². The number of thiazole rings is 1. The average molecular weight is 684 g/mol. The van der Waals surface area contributed by atoms with Crippen LogP contribution in [0.15, 0.2) is 107 Å². The highest BCUT2D eigenvalue weighted by Gasteiger charge is 2.38. The van der Waals surface area contributed by atoms with Gasteiger partial charge in [-0.25, -0.2) is 14.6 Å². The lowest BCUT2D eigenvalue weighted by Crippen LogP contribution is -2.45. The van der Waals surface area contributed by atoms with Crippen molar-refractivity contribution in [1.82, 2.24) is 10.3 Å². The Morgan fingerprint density at radius 3 is 2.33 bits per heavy atom. The zero-order valence-corrected chi connectivity index (χ0v) is 28.2. The van der Waals surface area contributed by atoms with E-state index in [0.29, 0.717) is 17.9 Å². The minimum absolute atomic E-state index is 0.0245. The summed E-state index contributed by atoms with van der Waals surface area (Å²) in [6.45, 7) is 2.11. The highest BCUT2D eigenvalue weighted by Crippen LogP contribution is 2.43. The second-order valence-electron chi connectivity index (χ2n) is 11.6. The molecule has 1 aromatic heterocycles. The summed E-state index contributed by atoms with van der Waals surface area (Å²) in [6.07, 6.45) is -0.744. The van der Waals surface area contributed by atoms with Gasteiger partial charge in [0.15, 0.2) is 10.6 Å². The van der Waals surface area contributed by atoms with E-state index in [-0.39, 0.29) is 24.7 Å². The number of hydrogen-bond donors (Lipinski definition) is 3. The number of urea groups is 1. The molecule has 11 heteroatoms. The number of para-hydroxylation sites is 1. The van der Waals surface area contributed by atoms with E-state index in [4.69, 9.17) is 19.2 Å². The Balaban J connectivity index is 1.15. The van der Waals surface area contributed by atoms with Gasteiger partial charge in [0.05, 0.1) is 36.1 Å². The van der Waals surface area contributed by atoms with Crippen molar-refractivity contribution in [2.45, 2.75) is 48.8 Å². The summed E-state index contributed by atoms with van der Waals surface area (Å²) in [4.78, 5) is 30.1. The molecule has 0 aliphatic carbocycles. The molecule has 0 radical (unpaired) electrons. The van der Waals surface area contributed by atoms with E-state index in [1.54, 1.807) is 35.2 Å². The number of aromatic nitrogens is 1. The number of thioether (sulfide) groups is 1. The van der Waals surface area contributed by atoms with Crippen LogP contribution in [-0.2, 0) is 32.0 Å². The highest BCUT2D eigenvalue weighted by atomic mass is 32.2. The standard InChI is InChI=1S/C37H37N3O6S2/c1-23-31(22-47-37-40-29-10-6-7-11-32(29)48-37)45-35(46-33(23)26-14-12-25(21-41)13-15-26)27-16-18-28(19-17-27)38-36(43)39-30(34(42)44-2)20-24-8-4-3-5-9-24/h3-19,23,30-31,33,35,41H,20-22H2,1-2H3,(H2,38,39,43). The molecule has 2 amide bonds. The number of aliphatic hydroxyl groups excluding tert-OH is 1. The number of nitrogens with zero attached hydrogens (tertiary/aromatic N) is 1. The molecule has 5 atom stereocenters. The Hall–Kier alpha value is -4.26. The summed E-state index contributed by atoms with van der Waals surface area (Å²) >= 11 is 3.36. The number of benzene rings is 4. The SMILES string of the molecule is COC(=O)C(Cc1ccccc1)NC(=O)Nc1ccc(C2OC(CSc3nc4ccccc4s3)C(C)C(c3ccc(CO)cc3)O2)cc1. The molecule has 2 heterocycles. The number of aliphatic hydroxyl groups is 1. The molecular formula is C37H37N3O6S2. The molecule has 48 heavy (non-hydrogen) atoms. The third-order valence-corrected chi connectivity index (χ3v) is 10.6. The van der Waals surface area contributed by atoms with Crippen LogP contribution in [-0.4, -0.2) is 47.1 Å². The number of amides is 2. The molecule has 4 aromatic carbocycles. The van der Waals surface area contributed by atoms with Crippen LogP contribution in [0.1, 0.15) is 41.6 Å². The van der Waals surface area contributed by atoms with Crippen molar-refractivity contribution in [3.63, 3.8) is 0 Å². The first-order chi connectivity index (χ1) is 23.4. The molecule has 9 nitrogen and oxygen atoms in total. The number of carbonyl (C=O) groups is 2. The van der Waals surface area contributed by atoms with E-state index in [1.807, 2.05) is 84.9 Å². The van der Waals surface area contributed by atoms with E-state index in [2.05, 4.69) is 23.6 Å². The molecule has 1 fully saturated rings. The second kappa shape index (κ2) is 15.8. The Bertz CT molecular complexity index is 1780. The highest BCUT2D eigenvalue weighted by molar-refractivity contribution is 8.01. The molecule has 5 aromatic rings. The van der Waals surface area contributed by atoms with Crippen LogP contribution in [0.2, 0.25) is 0 Å². The molecule has 0 saturated carbocycles. The Kier molecular flexibility index (Phi) is 11.0. The molecule has 3 N–H and O–H groups in total. The van der Waals surface area contributed by atoms with Crippen molar-refractivity contribution >= 4 is 51.0 Å². The van der Waals surface area contributed by atoms with Crippen molar-refractivity contribution in [1.29, 1.82) is 0 Å². The maximum atomic E-state index is 12.9. The van der Waals surface area contributed by atoms with Gasteiger partial charge in [-0.3, -0.25) is 0 Å². The van der Waals surface area contributed by atoms with E-state index in [1.165, 1.54) is 7.11 Å². The van der Waals surface area contributed by atoms with Gasteiger partial charge in [-0.05, 0) is 41.0 Å². The van der Waals surface area contributed by atoms with Crippen LogP contribution in [0.3, 0.4) is 0 Å². The average Bonchev–Trinajstić information content (AvgIpc) is 3.54. The maximum absolute atomic E-state index is 12.9. The van der Waals surface area contributed by atoms with Gasteiger partial charge in [-0.2, -0.15) is 0 Å². The van der Waals surface area contributed by atoms with Gasteiger partial charge in [0.1, 0.15) is 6.04 Å². The Morgan fingerprint density at radius 2 is 1.62 bits per heavy atom. The van der Waals surface area contributed by atoms with Crippen LogP contribution < -0.4 is 10.6 Å². The number of carbonyl (C=O) groups excluding carboxylic acids is 2. The van der Waals surface area contributed by atoms with Crippen LogP contribution in [0.4, 0.5) is 10.5 Å². The van der Waals surface area contributed by atoms with Gasteiger partial charge in [0.2, 0.25) is 0 Å². The normalized spacial score (nSPS) is 19.8. The number of fused-ring (bicyclic) bond motifs is 1. The number of anilines is 1. The molecule has 1 saturated heterocycles. The van der Waals surface area contributed by atoms with Crippen molar-refractivity contribution in [2.75, 3.05) is 18.2 Å². The van der Waals surface area contributed by atoms with Crippen LogP contribution in [0.25, 0.3) is 10.2 Å². The summed E-state index contributed by atoms with van der Waals surface area (Å²) in [5.41, 5.74) is 5.08. The molecule has 1 aliphatic rings. The van der Waals surface area contributed by atoms with Gasteiger partial charge in [-0.1, -0.05) is 97.5 Å². The molecule has 5 unspecified atom stereocenters. The maximum Gasteiger partial charge on any atom is 0.328 e. The first-order valence-electron chi connectivity index (χ1n) is 15.7. The molecule has 0 spiro atoms. The first-order valence-corrected chi connectivity index (χ1v) is 17.5. The van der Waals surface area contributed by atoms with Crippen molar-refractivity contribution in [3.05, 3.63) is 125 Å². The van der Waals surface area contributed by atoms with Crippen molar-refractivity contribution in [3.8, 4) is 0 Å². The lowest BCUT2D eigenvalue weighted by molar-refractivity contribution is -0.268. The van der Waals surface area contributed by atoms with Crippen LogP contribution in [0.5, 0.6) is 0 Å². The zero-order valence-electron chi connectivity index (χ0n) is 26.6. The summed E-state index contributed by atoms with van der Waals surface area (Å²) in [7, 11) is 1.30. The molecule has 248 valence electrons. The number of ether oxygens (including phenoxy) is 3. The number of rotatable bonds is 11. The molecule has 0 bridgehead atoms. The number of nitrogens with one attached hydrogen (secondary N) is 2. The lowest BCUT2D eigenvalue weighted by Gasteiger charge is -2.41. The third-order valence-electron chi connectivity index (χ3n) is 8.28. The van der Waals surface area contributed by atoms with Crippen LogP contribution in [0, 0.1) is 5.92 Å². The van der Waals surface area contributed by atoms with Gasteiger partial charge >= 0.3 is 12.0 Å². The summed E-state index contributed by atoms with van der Waals surface area (Å²) in [6, 6.07) is 31.3. The zero-order chi connectivity index (χ0) is 33.5. The van der Waals surface area contributed by atoms with E-state index in [9.17, 15) is 14.7 Å². The van der Waals surface area contributed by atoms with Gasteiger partial charge < -0.3 is 30.0 Å². The van der Waals surface area contributed by atoms with Crippen molar-refractivity contribution in [2.24, 2.45) is 5.92 Å². The first kappa shape index (κ1) is 33.6. The summed E-state index contributed by atoms with van der Waals surface area (Å²) in [5.74, 6) is 0.198. The van der Waals surface area contributed by atoms with Gasteiger partial charge in [0.25, 0.3) is 0 Å². The Morgan fingerprint density at radius 1 is 0.917 bits per heavy atom. The second-order valence-corrected chi connectivity index (χ2v) is 13.9. The van der Waals surface area contributed by atoms with E-state index >= 15 is 0 Å². The molecule has 6 rings (SSSR count). The monoisotopic (exact) mass is 683 g/mol. The minimum Gasteiger partial charge on any atom is -0.467 e. The molecular weight excluding hydrogens is 647 g/mol. The molecule has 1 aliphatic heterocycles. The third kappa shape index (κ3) is 8.23. The fourth-order valence-corrected chi connectivity index (χ4v) is 7.87. The van der Waals surface area contributed by atoms with Crippen molar-refractivity contribution < 1.29 is 28.9 Å². The van der Waals surface area contributed by atoms with E-state index in [0.717, 1.165) is 36.8 Å². The fraction of sp³-hybridized carbons (Fsp3) is 0.270. The number of methoxy groups -OCH3 is 1. The van der Waals surface area contributed by atoms with Gasteiger partial charge in [0, 0.05) is 29.3 Å². The largest absolute Gasteiger partial charge is 0.467 e. The smallest absolute Gasteiger partial charge is 0.328 e. The lowest BCUT2D eigenvalue weighted by atomic mass is 9.91. The topological polar surface area (TPSA) is 119 Å². The van der Waals surface area contributed by atoms with Gasteiger partial charge in [-0.15, -0.1) is 11.3 Å². The fourth-order valence-electron chi connectivity index (χ4n) is 5.61. The quantitative estimate of drug-likeness (QED) is 0.0983. The van der Waals surface area contributed by atoms with Crippen LogP contribution >= 0.6 is 23.1 Å². The predicted molar refractivity (Wildman–Crippen MR) is 188 cm³/mol.